The lowest BCUT2D eigenvalue weighted by molar-refractivity contribution is -0.135. The number of furan rings is 1. The SMILES string of the molecule is O=C(COCC[C@H]1CN(Cc2ccco2)Cc2ccnn21)N1CCCC1. The van der Waals surface area contributed by atoms with Crippen LogP contribution < -0.4 is 0 Å². The Kier molecular flexibility index (Phi) is 5.36. The summed E-state index contributed by atoms with van der Waals surface area (Å²) >= 11 is 0. The first-order valence-corrected chi connectivity index (χ1v) is 9.42. The number of amides is 1. The van der Waals surface area contributed by atoms with Crippen molar-refractivity contribution < 1.29 is 13.9 Å². The highest BCUT2D eigenvalue weighted by atomic mass is 16.5. The fraction of sp³-hybridized carbons (Fsp3) is 0.579. The van der Waals surface area contributed by atoms with Crippen molar-refractivity contribution in [1.82, 2.24) is 19.6 Å². The van der Waals surface area contributed by atoms with Crippen molar-refractivity contribution in [3.8, 4) is 0 Å². The van der Waals surface area contributed by atoms with Crippen molar-refractivity contribution in [3.05, 3.63) is 42.1 Å². The maximum atomic E-state index is 12.0. The number of rotatable bonds is 7. The molecule has 1 amide bonds. The van der Waals surface area contributed by atoms with Gasteiger partial charge in [-0.05, 0) is 37.5 Å². The summed E-state index contributed by atoms with van der Waals surface area (Å²) in [4.78, 5) is 16.3. The molecule has 0 unspecified atom stereocenters. The lowest BCUT2D eigenvalue weighted by Crippen LogP contribution is -2.38. The summed E-state index contributed by atoms with van der Waals surface area (Å²) in [5, 5.41) is 4.48. The van der Waals surface area contributed by atoms with Crippen LogP contribution in [0.5, 0.6) is 0 Å². The second-order valence-electron chi connectivity index (χ2n) is 7.10. The summed E-state index contributed by atoms with van der Waals surface area (Å²) in [7, 11) is 0. The number of carbonyl (C=O) groups is 1. The summed E-state index contributed by atoms with van der Waals surface area (Å²) in [6, 6.07) is 6.25. The maximum absolute atomic E-state index is 12.0. The summed E-state index contributed by atoms with van der Waals surface area (Å²) in [6.07, 6.45) is 6.64. The molecule has 0 saturated carbocycles. The van der Waals surface area contributed by atoms with E-state index < -0.39 is 0 Å². The topological polar surface area (TPSA) is 63.7 Å². The molecular weight excluding hydrogens is 332 g/mol. The molecule has 2 aliphatic heterocycles. The van der Waals surface area contributed by atoms with Gasteiger partial charge in [0.1, 0.15) is 12.4 Å². The molecule has 1 fully saturated rings. The van der Waals surface area contributed by atoms with Crippen molar-refractivity contribution in [2.45, 2.75) is 38.4 Å². The van der Waals surface area contributed by atoms with Crippen LogP contribution in [-0.4, -0.2) is 58.3 Å². The molecule has 0 aliphatic carbocycles. The van der Waals surface area contributed by atoms with Crippen LogP contribution in [0.25, 0.3) is 0 Å². The van der Waals surface area contributed by atoms with Gasteiger partial charge in [-0.2, -0.15) is 5.10 Å². The molecule has 26 heavy (non-hydrogen) atoms. The zero-order chi connectivity index (χ0) is 17.8. The Morgan fingerprint density at radius 1 is 1.31 bits per heavy atom. The van der Waals surface area contributed by atoms with Crippen LogP contribution in [0.2, 0.25) is 0 Å². The Bertz CT molecular complexity index is 706. The molecule has 2 aromatic rings. The van der Waals surface area contributed by atoms with E-state index in [0.29, 0.717) is 6.61 Å². The number of nitrogens with zero attached hydrogens (tertiary/aromatic N) is 4. The molecule has 7 nitrogen and oxygen atoms in total. The van der Waals surface area contributed by atoms with E-state index in [-0.39, 0.29) is 18.6 Å². The Labute approximate surface area is 153 Å². The van der Waals surface area contributed by atoms with Crippen molar-refractivity contribution in [2.75, 3.05) is 32.8 Å². The summed E-state index contributed by atoms with van der Waals surface area (Å²) in [5.41, 5.74) is 1.21. The van der Waals surface area contributed by atoms with Gasteiger partial charge in [-0.1, -0.05) is 0 Å². The molecule has 0 aromatic carbocycles. The Hall–Kier alpha value is -2.12. The van der Waals surface area contributed by atoms with Crippen LogP contribution >= 0.6 is 0 Å². The Balaban J connectivity index is 1.28. The number of ether oxygens (including phenoxy) is 1. The molecule has 2 aliphatic rings. The molecule has 0 N–H and O–H groups in total. The van der Waals surface area contributed by atoms with Crippen LogP contribution in [-0.2, 0) is 22.6 Å². The van der Waals surface area contributed by atoms with E-state index >= 15 is 0 Å². The van der Waals surface area contributed by atoms with E-state index in [4.69, 9.17) is 9.15 Å². The smallest absolute Gasteiger partial charge is 0.248 e. The van der Waals surface area contributed by atoms with E-state index in [1.165, 1.54) is 5.69 Å². The third-order valence-electron chi connectivity index (χ3n) is 5.19. The van der Waals surface area contributed by atoms with Crippen molar-refractivity contribution in [2.24, 2.45) is 0 Å². The minimum Gasteiger partial charge on any atom is -0.468 e. The molecule has 140 valence electrons. The predicted octanol–water partition coefficient (Wildman–Crippen LogP) is 2.06. The van der Waals surface area contributed by atoms with Gasteiger partial charge in [0.25, 0.3) is 0 Å². The van der Waals surface area contributed by atoms with Gasteiger partial charge in [0, 0.05) is 39.0 Å². The lowest BCUT2D eigenvalue weighted by atomic mass is 10.1. The Morgan fingerprint density at radius 2 is 2.19 bits per heavy atom. The number of carbonyl (C=O) groups excluding carboxylic acids is 1. The molecule has 4 rings (SSSR count). The van der Waals surface area contributed by atoms with Gasteiger partial charge in [0.2, 0.25) is 5.91 Å². The molecule has 0 spiro atoms. The Morgan fingerprint density at radius 3 is 3.00 bits per heavy atom. The number of hydrogen-bond acceptors (Lipinski definition) is 5. The van der Waals surface area contributed by atoms with Crippen molar-refractivity contribution >= 4 is 5.91 Å². The first kappa shape index (κ1) is 17.3. The predicted molar refractivity (Wildman–Crippen MR) is 95.3 cm³/mol. The maximum Gasteiger partial charge on any atom is 0.248 e. The molecular formula is C19H26N4O3. The first-order valence-electron chi connectivity index (χ1n) is 9.42. The van der Waals surface area contributed by atoms with Crippen LogP contribution in [0.3, 0.4) is 0 Å². The zero-order valence-corrected chi connectivity index (χ0v) is 15.0. The van der Waals surface area contributed by atoms with E-state index in [1.807, 2.05) is 23.2 Å². The average Bonchev–Trinajstić information content (AvgIpc) is 3.40. The molecule has 1 atom stereocenters. The highest BCUT2D eigenvalue weighted by Crippen LogP contribution is 2.24. The lowest BCUT2D eigenvalue weighted by Gasteiger charge is -2.33. The number of aromatic nitrogens is 2. The second kappa shape index (κ2) is 8.05. The normalized spacial score (nSPS) is 20.5. The minimum absolute atomic E-state index is 0.116. The highest BCUT2D eigenvalue weighted by molar-refractivity contribution is 5.77. The summed E-state index contributed by atoms with van der Waals surface area (Å²) in [6.45, 7) is 5.08. The van der Waals surface area contributed by atoms with E-state index in [0.717, 1.165) is 57.7 Å². The number of likely N-dealkylation sites (tertiary alicyclic amines) is 1. The highest BCUT2D eigenvalue weighted by Gasteiger charge is 2.26. The third-order valence-corrected chi connectivity index (χ3v) is 5.19. The third kappa shape index (κ3) is 3.99. The monoisotopic (exact) mass is 358 g/mol. The first-order chi connectivity index (χ1) is 12.8. The summed E-state index contributed by atoms with van der Waals surface area (Å²) in [5.74, 6) is 1.09. The quantitative estimate of drug-likeness (QED) is 0.709. The van der Waals surface area contributed by atoms with Gasteiger partial charge in [0.05, 0.1) is 24.5 Å². The second-order valence-corrected chi connectivity index (χ2v) is 7.10. The molecule has 0 bridgehead atoms. The minimum atomic E-state index is 0.116. The largest absolute Gasteiger partial charge is 0.468 e. The van der Waals surface area contributed by atoms with E-state index in [9.17, 15) is 4.79 Å². The van der Waals surface area contributed by atoms with Crippen molar-refractivity contribution in [1.29, 1.82) is 0 Å². The van der Waals surface area contributed by atoms with Gasteiger partial charge in [-0.25, -0.2) is 0 Å². The fourth-order valence-electron chi connectivity index (χ4n) is 3.86. The average molecular weight is 358 g/mol. The molecule has 2 aromatic heterocycles. The van der Waals surface area contributed by atoms with Crippen LogP contribution in [0.15, 0.2) is 35.1 Å². The van der Waals surface area contributed by atoms with Crippen LogP contribution in [0.4, 0.5) is 0 Å². The molecule has 1 saturated heterocycles. The zero-order valence-electron chi connectivity index (χ0n) is 15.0. The van der Waals surface area contributed by atoms with Gasteiger partial charge in [-0.3, -0.25) is 14.4 Å². The van der Waals surface area contributed by atoms with Crippen LogP contribution in [0.1, 0.15) is 36.8 Å². The van der Waals surface area contributed by atoms with E-state index in [2.05, 4.69) is 20.7 Å². The standard InChI is InChI=1S/C19H26N4O3/c24-19(22-8-1-2-9-22)15-25-11-6-17-13-21(14-18-4-3-10-26-18)12-16-5-7-20-23(16)17/h3-5,7,10,17H,1-2,6,8-9,11-15H2/t17-/m0/s1. The summed E-state index contributed by atoms with van der Waals surface area (Å²) < 4.78 is 13.3. The number of fused-ring (bicyclic) bond motifs is 1. The molecule has 7 heteroatoms. The molecule has 4 heterocycles. The van der Waals surface area contributed by atoms with Crippen LogP contribution in [0, 0.1) is 0 Å². The van der Waals surface area contributed by atoms with Gasteiger partial charge < -0.3 is 14.1 Å². The van der Waals surface area contributed by atoms with Gasteiger partial charge in [0.15, 0.2) is 0 Å². The molecule has 0 radical (unpaired) electrons. The van der Waals surface area contributed by atoms with Gasteiger partial charge in [-0.15, -0.1) is 0 Å². The van der Waals surface area contributed by atoms with Gasteiger partial charge >= 0.3 is 0 Å². The number of hydrogen-bond donors (Lipinski definition) is 0. The van der Waals surface area contributed by atoms with Crippen molar-refractivity contribution in [3.63, 3.8) is 0 Å². The van der Waals surface area contributed by atoms with E-state index in [1.54, 1.807) is 6.26 Å². The fourth-order valence-corrected chi connectivity index (χ4v) is 3.86.